The molecule has 0 aliphatic heterocycles. The molecule has 0 fully saturated rings. The van der Waals surface area contributed by atoms with E-state index in [1.54, 1.807) is 0 Å². The molecule has 2 heterocycles. The molecule has 0 aliphatic carbocycles. The second-order valence-electron chi connectivity index (χ2n) is 20.5. The molecule has 2 aromatic heterocycles. The van der Waals surface area contributed by atoms with E-state index in [0.717, 1.165) is 56.2 Å². The summed E-state index contributed by atoms with van der Waals surface area (Å²) in [6.45, 7) is 8.92. The molecule has 81 heavy (non-hydrogen) atoms. The van der Waals surface area contributed by atoms with Gasteiger partial charge in [0.15, 0.2) is 0 Å². The van der Waals surface area contributed by atoms with Crippen LogP contribution in [0.3, 0.4) is 0 Å². The maximum atomic E-state index is 14.1. The van der Waals surface area contributed by atoms with Gasteiger partial charge in [-0.25, -0.2) is 0 Å². The molecule has 0 unspecified atom stereocenters. The van der Waals surface area contributed by atoms with Crippen LogP contribution in [0.25, 0.3) is 44.8 Å². The summed E-state index contributed by atoms with van der Waals surface area (Å²) in [5.74, 6) is -2.73. The number of para-hydroxylation sites is 2. The summed E-state index contributed by atoms with van der Waals surface area (Å²) in [6.07, 6.45) is -4.48. The van der Waals surface area contributed by atoms with Gasteiger partial charge in [0.05, 0.1) is 59.8 Å². The molecule has 0 bridgehead atoms. The first-order valence-electron chi connectivity index (χ1n) is 27.1. The fraction of sp³-hybridized carbons (Fsp3) is 0.273. The Morgan fingerprint density at radius 2 is 0.679 bits per heavy atom. The number of nitrogens with one attached hydrogen (secondary N) is 2. The quantitative estimate of drug-likeness (QED) is 0.0267. The largest absolute Gasteiger partial charge is 0.481 e. The topological polar surface area (TPSA) is 224 Å². The Morgan fingerprint density at radius 3 is 0.951 bits per heavy atom. The molecule has 8 rings (SSSR count). The summed E-state index contributed by atoms with van der Waals surface area (Å²) in [4.78, 5) is 50.1. The van der Waals surface area contributed by atoms with Gasteiger partial charge < -0.3 is 50.4 Å². The minimum absolute atomic E-state index is 0. The molecule has 15 heteroatoms. The third kappa shape index (κ3) is 17.0. The van der Waals surface area contributed by atoms with E-state index in [1.165, 1.54) is 0 Å². The normalized spacial score (nSPS) is 12.6. The number of amides is 2. The van der Waals surface area contributed by atoms with Gasteiger partial charge in [0.2, 0.25) is 0 Å². The number of carbonyl (C=O) groups is 4. The smallest absolute Gasteiger partial charge is 0.305 e. The number of hydrogen-bond donors (Lipinski definition) is 8. The number of aliphatic carboxylic acids is 2. The standard InChI is InChI=1S/2C33H36N2O5.Ca/c2*1-22(2)31-30(33(40)34-25-16-10-5-11-17-25)29(23-12-6-3-7-13-23)32(24-14-8-4-9-15-24)35(31)19-18-26(36)20-27(37)21-28(38)39;/h2*3-17,22,26-27,36-37H,18-21H2,1-2H3,(H,34,40)(H,38,39);/t2*26-,27-;/m11./s1. The van der Waals surface area contributed by atoms with Crippen LogP contribution < -0.4 is 10.6 Å². The summed E-state index contributed by atoms with van der Waals surface area (Å²) in [7, 11) is 0. The van der Waals surface area contributed by atoms with Crippen molar-refractivity contribution in [3.63, 3.8) is 0 Å². The zero-order valence-electron chi connectivity index (χ0n) is 46.4. The van der Waals surface area contributed by atoms with Crippen LogP contribution in [0.2, 0.25) is 0 Å². The number of nitrogens with zero attached hydrogens (tertiary/aromatic N) is 2. The average Bonchev–Trinajstić information content (AvgIpc) is 4.19. The molecule has 0 saturated heterocycles. The monoisotopic (exact) mass is 1120 g/mol. The van der Waals surface area contributed by atoms with Crippen LogP contribution in [-0.2, 0) is 22.7 Å². The summed E-state index contributed by atoms with van der Waals surface area (Å²) in [5.41, 5.74) is 11.2. The minimum atomic E-state index is -1.14. The van der Waals surface area contributed by atoms with Gasteiger partial charge in [-0.1, -0.05) is 185 Å². The van der Waals surface area contributed by atoms with Gasteiger partial charge in [0.1, 0.15) is 0 Å². The van der Waals surface area contributed by atoms with Gasteiger partial charge in [0.25, 0.3) is 11.8 Å². The molecule has 6 aromatic carbocycles. The van der Waals surface area contributed by atoms with E-state index >= 15 is 0 Å². The van der Waals surface area contributed by atoms with Crippen LogP contribution in [0.1, 0.15) is 110 Å². The van der Waals surface area contributed by atoms with E-state index in [9.17, 15) is 39.6 Å². The molecule has 8 aromatic rings. The van der Waals surface area contributed by atoms with E-state index in [2.05, 4.69) is 19.8 Å². The Balaban J connectivity index is 0.000000258. The number of hydrogen-bond acceptors (Lipinski definition) is 8. The first-order chi connectivity index (χ1) is 38.5. The van der Waals surface area contributed by atoms with Gasteiger partial charge in [0, 0.05) is 84.7 Å². The number of aliphatic hydroxyl groups is 4. The second kappa shape index (κ2) is 30.6. The first kappa shape index (κ1) is 63.0. The van der Waals surface area contributed by atoms with Crippen molar-refractivity contribution in [1.82, 2.24) is 9.13 Å². The Bertz CT molecular complexity index is 3060. The van der Waals surface area contributed by atoms with Gasteiger partial charge in [-0.15, -0.1) is 0 Å². The van der Waals surface area contributed by atoms with Crippen molar-refractivity contribution in [2.24, 2.45) is 0 Å². The third-order valence-electron chi connectivity index (χ3n) is 13.7. The van der Waals surface area contributed by atoms with Gasteiger partial charge in [-0.05, 0) is 84.0 Å². The van der Waals surface area contributed by atoms with Crippen molar-refractivity contribution in [3.05, 3.63) is 205 Å². The molecule has 2 amide bonds. The van der Waals surface area contributed by atoms with Crippen molar-refractivity contribution >= 4 is 72.9 Å². The molecule has 14 nitrogen and oxygen atoms in total. The fourth-order valence-electron chi connectivity index (χ4n) is 10.4. The number of benzene rings is 6. The van der Waals surface area contributed by atoms with Crippen LogP contribution in [-0.4, -0.2) is 126 Å². The number of carboxylic acids is 2. The zero-order chi connectivity index (χ0) is 57.3. The summed E-state index contributed by atoms with van der Waals surface area (Å²) < 4.78 is 4.21. The van der Waals surface area contributed by atoms with E-state index in [4.69, 9.17) is 10.2 Å². The molecule has 418 valence electrons. The minimum Gasteiger partial charge on any atom is -0.481 e. The Hall–Kier alpha value is -7.14. The van der Waals surface area contributed by atoms with E-state index < -0.39 is 49.2 Å². The summed E-state index contributed by atoms with van der Waals surface area (Å²) in [6, 6.07) is 58.1. The molecule has 2 radical (unpaired) electrons. The predicted molar refractivity (Wildman–Crippen MR) is 320 cm³/mol. The number of anilines is 2. The number of aliphatic hydroxyl groups excluding tert-OH is 4. The second-order valence-corrected chi connectivity index (χ2v) is 20.5. The molecular formula is C66H72CaN4O10. The van der Waals surface area contributed by atoms with Crippen LogP contribution in [0, 0.1) is 0 Å². The molecule has 4 atom stereocenters. The molecule has 0 aliphatic rings. The van der Waals surface area contributed by atoms with Gasteiger partial charge in [-0.3, -0.25) is 19.2 Å². The Labute approximate surface area is 503 Å². The van der Waals surface area contributed by atoms with Crippen molar-refractivity contribution in [2.75, 3.05) is 10.6 Å². The number of carboxylic acid groups (broad SMARTS) is 2. The third-order valence-corrected chi connectivity index (χ3v) is 13.7. The fourth-order valence-corrected chi connectivity index (χ4v) is 10.4. The van der Waals surface area contributed by atoms with Crippen LogP contribution in [0.5, 0.6) is 0 Å². The molecular weight excluding hydrogens is 1050 g/mol. The van der Waals surface area contributed by atoms with Crippen molar-refractivity contribution in [2.45, 2.75) is 116 Å². The van der Waals surface area contributed by atoms with E-state index in [1.807, 2.05) is 210 Å². The van der Waals surface area contributed by atoms with Crippen LogP contribution >= 0.6 is 0 Å². The first-order valence-corrected chi connectivity index (χ1v) is 27.1. The van der Waals surface area contributed by atoms with Gasteiger partial charge in [-0.2, -0.15) is 0 Å². The van der Waals surface area contributed by atoms with Crippen molar-refractivity contribution < 1.29 is 49.8 Å². The van der Waals surface area contributed by atoms with Crippen molar-refractivity contribution in [3.8, 4) is 44.8 Å². The molecule has 0 spiro atoms. The predicted octanol–water partition coefficient (Wildman–Crippen LogP) is 12.0. The molecule has 8 N–H and O–H groups in total. The molecule has 0 saturated carbocycles. The van der Waals surface area contributed by atoms with Gasteiger partial charge >= 0.3 is 11.9 Å². The summed E-state index contributed by atoms with van der Waals surface area (Å²) >= 11 is 0. The number of aromatic nitrogens is 2. The SMILES string of the molecule is CC(C)c1c(C(=O)Nc2ccccc2)c(-c2ccccc2)c(-c2ccccc2)n1CC[C@@H](O)C[C@@H](O)CC(=O)O.CC(C)c1c(C(=O)Nc2ccccc2)c(-c2ccccc2)c(-c2ccccc2)n1CC[C@@H](O)C[C@@H](O)CC(=O)O.[Ca]. The maximum absolute atomic E-state index is 14.1. The summed E-state index contributed by atoms with van der Waals surface area (Å²) in [5, 5.41) is 65.7. The Morgan fingerprint density at radius 1 is 0.407 bits per heavy atom. The van der Waals surface area contributed by atoms with Crippen molar-refractivity contribution in [1.29, 1.82) is 0 Å². The average molecular weight is 1120 g/mol. The number of rotatable bonds is 24. The maximum Gasteiger partial charge on any atom is 0.305 e. The zero-order valence-corrected chi connectivity index (χ0v) is 48.6. The van der Waals surface area contributed by atoms with E-state index in [-0.39, 0.29) is 87.1 Å². The van der Waals surface area contributed by atoms with E-state index in [0.29, 0.717) is 35.6 Å². The Kier molecular flexibility index (Phi) is 23.8. The van der Waals surface area contributed by atoms with Crippen LogP contribution in [0.15, 0.2) is 182 Å². The number of carbonyl (C=O) groups excluding carboxylic acids is 2. The van der Waals surface area contributed by atoms with Crippen LogP contribution in [0.4, 0.5) is 11.4 Å².